The molecule has 0 bridgehead atoms. The van der Waals surface area contributed by atoms with Crippen molar-refractivity contribution >= 4 is 93.7 Å². The summed E-state index contributed by atoms with van der Waals surface area (Å²) in [7, 11) is 0. The molecule has 0 amide bonds. The van der Waals surface area contributed by atoms with Crippen molar-refractivity contribution in [2.75, 3.05) is 0 Å². The van der Waals surface area contributed by atoms with Crippen LogP contribution >= 0.6 is 6.89 Å². The van der Waals surface area contributed by atoms with Crippen LogP contribution in [0.5, 0.6) is 0 Å². The van der Waals surface area contributed by atoms with E-state index in [2.05, 4.69) is 237 Å². The third-order valence-corrected chi connectivity index (χ3v) is 16.7. The summed E-state index contributed by atoms with van der Waals surface area (Å²) in [5, 5.41) is 18.8. The zero-order valence-corrected chi connectivity index (χ0v) is 35.1. The fourth-order valence-corrected chi connectivity index (χ4v) is 13.6. The quantitative estimate of drug-likeness (QED) is 0.116. The maximum absolute atomic E-state index is 5.50. The summed E-state index contributed by atoms with van der Waals surface area (Å²) >= 11 is 0. The van der Waals surface area contributed by atoms with E-state index in [4.69, 9.17) is 6.30 Å². The minimum Gasteiger partial charge on any atom is -0.0886 e. The van der Waals surface area contributed by atoms with E-state index in [1.54, 1.807) is 0 Å². The van der Waals surface area contributed by atoms with Gasteiger partial charge in [-0.3, -0.25) is 0 Å². The molecule has 1 atom stereocenters. The Kier molecular flexibility index (Phi) is 8.56. The molecule has 0 aromatic heterocycles. The Hall–Kier alpha value is -7.50. The monoisotopic (exact) mass is 804 g/mol. The molecule has 12 aromatic carbocycles. The van der Waals surface area contributed by atoms with Crippen molar-refractivity contribution in [3.05, 3.63) is 237 Å². The van der Waals surface area contributed by atoms with Gasteiger partial charge in [-0.25, -0.2) is 0 Å². The lowest BCUT2D eigenvalue weighted by atomic mass is 9.86. The van der Waals surface area contributed by atoms with Gasteiger partial charge in [0.1, 0.15) is 0 Å². The third kappa shape index (κ3) is 5.69. The first-order valence-electron chi connectivity index (χ1n) is 21.4. The van der Waals surface area contributed by atoms with Crippen LogP contribution in [0.4, 0.5) is 0 Å². The Bertz CT molecular complexity index is 3580. The maximum atomic E-state index is 5.50. The second-order valence-electron chi connectivity index (χ2n) is 16.5. The molecule has 12 aromatic rings. The molecule has 0 saturated carbocycles. The van der Waals surface area contributed by atoms with Crippen molar-refractivity contribution in [3.63, 3.8) is 0 Å². The molecule has 0 fully saturated rings. The van der Waals surface area contributed by atoms with E-state index in [0.29, 0.717) is 0 Å². The largest absolute Gasteiger partial charge is 0.0886 e. The maximum Gasteiger partial charge on any atom is -0.000884 e. The summed E-state index contributed by atoms with van der Waals surface area (Å²) in [6.07, 6.45) is 5.50. The van der Waals surface area contributed by atoms with E-state index >= 15 is 0 Å². The minimum absolute atomic E-state index is 1.20. The predicted octanol–water partition coefficient (Wildman–Crippen LogP) is 15.3. The summed E-state index contributed by atoms with van der Waals surface area (Å²) < 4.78 is 0. The zero-order valence-electron chi connectivity index (χ0n) is 34.2. The van der Waals surface area contributed by atoms with Gasteiger partial charge in [-0.2, -0.15) is 0 Å². The van der Waals surface area contributed by atoms with Gasteiger partial charge in [-0.15, -0.1) is 0 Å². The van der Waals surface area contributed by atoms with Gasteiger partial charge in [0.25, 0.3) is 0 Å². The molecule has 0 nitrogen and oxygen atoms in total. The molecule has 1 unspecified atom stereocenters. The van der Waals surface area contributed by atoms with Crippen LogP contribution in [0, 0.1) is 0 Å². The van der Waals surface area contributed by atoms with Gasteiger partial charge >= 0.3 is 0 Å². The second-order valence-corrected chi connectivity index (χ2v) is 19.6. The third-order valence-electron chi connectivity index (χ3n) is 13.1. The Morgan fingerprint density at radius 3 is 0.984 bits per heavy atom. The molecular formula is C61H41P. The van der Waals surface area contributed by atoms with Gasteiger partial charge in [0.2, 0.25) is 0 Å². The highest BCUT2D eigenvalue weighted by Gasteiger charge is 2.29. The van der Waals surface area contributed by atoms with E-state index in [9.17, 15) is 0 Å². The summed E-state index contributed by atoms with van der Waals surface area (Å²) in [6, 6.07) is 87.6. The first-order valence-corrected chi connectivity index (χ1v) is 23.4. The van der Waals surface area contributed by atoms with E-state index < -0.39 is 6.89 Å². The molecule has 0 aliphatic heterocycles. The van der Waals surface area contributed by atoms with Crippen LogP contribution in [-0.2, 0) is 0 Å². The van der Waals surface area contributed by atoms with Gasteiger partial charge in [0, 0.05) is 0 Å². The molecule has 0 aliphatic carbocycles. The van der Waals surface area contributed by atoms with Gasteiger partial charge in [0.15, 0.2) is 0 Å². The molecule has 0 spiro atoms. The molecule has 0 aliphatic rings. The fourth-order valence-electron chi connectivity index (χ4n) is 10.2. The fraction of sp³-hybridized carbons (Fsp3) is 0. The van der Waals surface area contributed by atoms with E-state index in [-0.39, 0.29) is 0 Å². The normalized spacial score (nSPS) is 12.7. The standard InChI is InChI=1S/C61H41P/c1-62(48-35-31-42(32-36-48)41-17-3-2-4-18-41,49-37-33-43(34-38-49)58-50-23-9-5-19-44(50)39-45-20-6-10-24-51(45)58)61-56-29-15-13-27-54(56)60(55-28-14-16-30-57(55)61)59-52-25-11-7-21-46(52)40-47-22-8-12-26-53(47)59/h2-40H,1H2. The topological polar surface area (TPSA) is 0 Å². The minimum atomic E-state index is -2.59. The molecule has 0 radical (unpaired) electrons. The molecule has 0 saturated heterocycles. The molecule has 62 heavy (non-hydrogen) atoms. The van der Waals surface area contributed by atoms with Gasteiger partial charge in [-0.05, 0) is 133 Å². The molecule has 0 heterocycles. The van der Waals surface area contributed by atoms with Gasteiger partial charge in [0.05, 0.1) is 0 Å². The molecular weight excluding hydrogens is 764 g/mol. The Morgan fingerprint density at radius 1 is 0.242 bits per heavy atom. The molecule has 12 rings (SSSR count). The molecule has 0 N–H and O–H groups in total. The van der Waals surface area contributed by atoms with Crippen LogP contribution < -0.4 is 15.9 Å². The van der Waals surface area contributed by atoms with E-state index in [1.165, 1.54) is 114 Å². The summed E-state index contributed by atoms with van der Waals surface area (Å²) in [6.45, 7) is -2.59. The lowest BCUT2D eigenvalue weighted by Gasteiger charge is -2.31. The number of fused-ring (bicyclic) bond motifs is 6. The zero-order chi connectivity index (χ0) is 41.2. The lowest BCUT2D eigenvalue weighted by molar-refractivity contribution is 1.64. The van der Waals surface area contributed by atoms with Crippen LogP contribution in [0.15, 0.2) is 237 Å². The van der Waals surface area contributed by atoms with Gasteiger partial charge < -0.3 is 0 Å². The van der Waals surface area contributed by atoms with E-state index in [0.717, 1.165) is 0 Å². The SMILES string of the molecule is C=P(c1ccc(-c2ccccc2)cc1)(c1ccc(-c2c3ccccc3cc3ccccc23)cc1)c1c2ccccc2c(-c2c3ccccc3cc3ccccc23)c2ccccc12. The van der Waals surface area contributed by atoms with Crippen LogP contribution in [0.3, 0.4) is 0 Å². The lowest BCUT2D eigenvalue weighted by Crippen LogP contribution is -2.27. The highest BCUT2D eigenvalue weighted by molar-refractivity contribution is 7.94. The van der Waals surface area contributed by atoms with Crippen LogP contribution in [-0.4, -0.2) is 6.30 Å². The van der Waals surface area contributed by atoms with Crippen LogP contribution in [0.1, 0.15) is 0 Å². The van der Waals surface area contributed by atoms with Crippen LogP contribution in [0.25, 0.3) is 98.0 Å². The Morgan fingerprint density at radius 2 is 0.548 bits per heavy atom. The van der Waals surface area contributed by atoms with Crippen LogP contribution in [0.2, 0.25) is 0 Å². The summed E-state index contributed by atoms with van der Waals surface area (Å²) in [5.74, 6) is 0. The smallest absolute Gasteiger partial charge is 0.000884 e. The van der Waals surface area contributed by atoms with Crippen molar-refractivity contribution in [2.24, 2.45) is 0 Å². The number of hydrogen-bond donors (Lipinski definition) is 0. The average Bonchev–Trinajstić information content (AvgIpc) is 3.34. The Balaban J connectivity index is 1.16. The first-order chi connectivity index (χ1) is 30.6. The summed E-state index contributed by atoms with van der Waals surface area (Å²) in [5.41, 5.74) is 7.45. The van der Waals surface area contributed by atoms with Crippen molar-refractivity contribution < 1.29 is 0 Å². The number of hydrogen-bond acceptors (Lipinski definition) is 0. The number of benzene rings is 12. The molecule has 290 valence electrons. The highest BCUT2D eigenvalue weighted by Crippen LogP contribution is 2.51. The van der Waals surface area contributed by atoms with Crippen molar-refractivity contribution in [1.82, 2.24) is 0 Å². The number of rotatable bonds is 6. The van der Waals surface area contributed by atoms with Crippen molar-refractivity contribution in [3.8, 4) is 33.4 Å². The summed E-state index contributed by atoms with van der Waals surface area (Å²) in [4.78, 5) is 0. The Labute approximate surface area is 362 Å². The van der Waals surface area contributed by atoms with Crippen molar-refractivity contribution in [2.45, 2.75) is 0 Å². The van der Waals surface area contributed by atoms with Gasteiger partial charge in [-0.1, -0.05) is 231 Å². The van der Waals surface area contributed by atoms with E-state index in [1.807, 2.05) is 0 Å². The first kappa shape index (κ1) is 36.4. The average molecular weight is 805 g/mol. The molecule has 1 heteroatoms. The van der Waals surface area contributed by atoms with Crippen molar-refractivity contribution in [1.29, 1.82) is 0 Å². The second kappa shape index (κ2) is 14.6. The highest BCUT2D eigenvalue weighted by atomic mass is 31.2. The predicted molar refractivity (Wildman–Crippen MR) is 274 cm³/mol.